The van der Waals surface area contributed by atoms with Gasteiger partial charge >= 0.3 is 11.9 Å². The number of carbonyl (C=O) groups is 3. The highest BCUT2D eigenvalue weighted by molar-refractivity contribution is 5.90. The van der Waals surface area contributed by atoms with Crippen molar-refractivity contribution in [2.75, 3.05) is 0 Å². The van der Waals surface area contributed by atoms with E-state index in [2.05, 4.69) is 20.8 Å². The molecule has 5 heteroatoms. The Morgan fingerprint density at radius 3 is 1.79 bits per heavy atom. The molecule has 2 aliphatic carbocycles. The number of fused-ring (bicyclic) bond motifs is 2. The molecule has 2 N–H and O–H groups in total. The lowest BCUT2D eigenvalue weighted by Gasteiger charge is -2.32. The molecule has 0 amide bonds. The maximum Gasteiger partial charge on any atom is 0.328 e. The van der Waals surface area contributed by atoms with Crippen LogP contribution in [0.15, 0.2) is 12.2 Å². The molecule has 19 heavy (non-hydrogen) atoms. The highest BCUT2D eigenvalue weighted by atomic mass is 16.4. The van der Waals surface area contributed by atoms with E-state index in [0.29, 0.717) is 23.9 Å². The molecule has 2 aliphatic rings. The van der Waals surface area contributed by atoms with E-state index in [9.17, 15) is 14.4 Å². The van der Waals surface area contributed by atoms with Gasteiger partial charge in [-0.15, -0.1) is 0 Å². The van der Waals surface area contributed by atoms with Crippen LogP contribution < -0.4 is 0 Å². The molecule has 2 atom stereocenters. The van der Waals surface area contributed by atoms with Gasteiger partial charge in [-0.05, 0) is 24.2 Å². The van der Waals surface area contributed by atoms with Gasteiger partial charge in [0.25, 0.3) is 0 Å². The number of carboxylic acids is 2. The predicted octanol–water partition coefficient (Wildman–Crippen LogP) is 2.11. The molecule has 2 fully saturated rings. The molecular formula is C14H20O5. The Labute approximate surface area is 112 Å². The predicted molar refractivity (Wildman–Crippen MR) is 68.6 cm³/mol. The van der Waals surface area contributed by atoms with Gasteiger partial charge in [0.2, 0.25) is 0 Å². The van der Waals surface area contributed by atoms with Crippen LogP contribution in [-0.2, 0) is 14.4 Å². The summed E-state index contributed by atoms with van der Waals surface area (Å²) < 4.78 is 0. The largest absolute Gasteiger partial charge is 0.478 e. The van der Waals surface area contributed by atoms with E-state index in [0.717, 1.165) is 12.8 Å². The first kappa shape index (κ1) is 15.4. The van der Waals surface area contributed by atoms with Crippen molar-refractivity contribution < 1.29 is 24.6 Å². The van der Waals surface area contributed by atoms with Crippen LogP contribution in [0.5, 0.6) is 0 Å². The summed E-state index contributed by atoms with van der Waals surface area (Å²) >= 11 is 0. The number of aliphatic carboxylic acids is 2. The van der Waals surface area contributed by atoms with Gasteiger partial charge in [-0.2, -0.15) is 0 Å². The molecule has 2 bridgehead atoms. The van der Waals surface area contributed by atoms with Crippen LogP contribution in [0.1, 0.15) is 40.0 Å². The van der Waals surface area contributed by atoms with Gasteiger partial charge in [-0.3, -0.25) is 4.79 Å². The fraction of sp³-hybridized carbons (Fsp3) is 0.643. The fourth-order valence-electron chi connectivity index (χ4n) is 3.04. The lowest BCUT2D eigenvalue weighted by molar-refractivity contribution is -0.134. The molecule has 0 aliphatic heterocycles. The second kappa shape index (κ2) is 5.15. The van der Waals surface area contributed by atoms with Gasteiger partial charge in [0.05, 0.1) is 0 Å². The Hall–Kier alpha value is -1.65. The van der Waals surface area contributed by atoms with Gasteiger partial charge in [0.1, 0.15) is 5.78 Å². The van der Waals surface area contributed by atoms with E-state index in [-0.39, 0.29) is 10.8 Å². The van der Waals surface area contributed by atoms with Crippen LogP contribution in [0.3, 0.4) is 0 Å². The molecule has 0 saturated heterocycles. The summed E-state index contributed by atoms with van der Waals surface area (Å²) in [4.78, 5) is 30.7. The van der Waals surface area contributed by atoms with Gasteiger partial charge in [-0.1, -0.05) is 20.8 Å². The van der Waals surface area contributed by atoms with Crippen LogP contribution in [0, 0.1) is 16.7 Å². The topological polar surface area (TPSA) is 91.7 Å². The summed E-state index contributed by atoms with van der Waals surface area (Å²) in [6, 6.07) is 0. The van der Waals surface area contributed by atoms with E-state index in [1.165, 1.54) is 6.42 Å². The molecule has 106 valence electrons. The molecule has 0 heterocycles. The van der Waals surface area contributed by atoms with Gasteiger partial charge in [-0.25, -0.2) is 9.59 Å². The first-order chi connectivity index (χ1) is 8.61. The Morgan fingerprint density at radius 1 is 1.16 bits per heavy atom. The average Bonchev–Trinajstić information content (AvgIpc) is 2.60. The van der Waals surface area contributed by atoms with Crippen molar-refractivity contribution in [3.05, 3.63) is 12.2 Å². The minimum absolute atomic E-state index is 0.0255. The fourth-order valence-corrected chi connectivity index (χ4v) is 3.04. The first-order valence-corrected chi connectivity index (χ1v) is 6.28. The second-order valence-corrected chi connectivity index (χ2v) is 5.93. The molecule has 0 radical (unpaired) electrons. The third-order valence-corrected chi connectivity index (χ3v) is 4.85. The zero-order valence-electron chi connectivity index (χ0n) is 11.5. The number of hydrogen-bond acceptors (Lipinski definition) is 3. The molecular weight excluding hydrogens is 248 g/mol. The highest BCUT2D eigenvalue weighted by Gasteiger charge is 2.61. The minimum atomic E-state index is -1.26. The average molecular weight is 268 g/mol. The van der Waals surface area contributed by atoms with Crippen molar-refractivity contribution in [3.8, 4) is 0 Å². The number of hydrogen-bond donors (Lipinski definition) is 2. The standard InChI is InChI=1S/C10H16O.C4H4O4/c1-9(2)7-4-5-10(9,3)8(11)6-7;5-3(6)1-2-4(7)8/h7H,4-6H2,1-3H3;1-2H,(H,5,6)(H,7,8)/b;2-1+. The summed E-state index contributed by atoms with van der Waals surface area (Å²) in [6.45, 7) is 6.67. The van der Waals surface area contributed by atoms with E-state index in [1.54, 1.807) is 0 Å². The zero-order valence-corrected chi connectivity index (χ0v) is 11.5. The third-order valence-electron chi connectivity index (χ3n) is 4.85. The summed E-state index contributed by atoms with van der Waals surface area (Å²) in [7, 11) is 0. The number of carbonyl (C=O) groups excluding carboxylic acids is 1. The monoisotopic (exact) mass is 268 g/mol. The number of Topliss-reactive ketones (excluding diaryl/α,β-unsaturated/α-hetero) is 1. The van der Waals surface area contributed by atoms with Crippen molar-refractivity contribution in [2.24, 2.45) is 16.7 Å². The molecule has 2 saturated carbocycles. The van der Waals surface area contributed by atoms with Crippen molar-refractivity contribution in [1.29, 1.82) is 0 Å². The summed E-state index contributed by atoms with van der Waals surface area (Å²) in [5.41, 5.74) is 0.307. The van der Waals surface area contributed by atoms with Crippen molar-refractivity contribution in [2.45, 2.75) is 40.0 Å². The first-order valence-electron chi connectivity index (χ1n) is 6.28. The Bertz CT molecular complexity index is 419. The van der Waals surface area contributed by atoms with Gasteiger partial charge in [0, 0.05) is 24.0 Å². The van der Waals surface area contributed by atoms with Crippen LogP contribution >= 0.6 is 0 Å². The molecule has 2 unspecified atom stereocenters. The number of rotatable bonds is 2. The molecule has 0 spiro atoms. The van der Waals surface area contributed by atoms with E-state index in [4.69, 9.17) is 10.2 Å². The Morgan fingerprint density at radius 2 is 1.63 bits per heavy atom. The molecule has 0 aromatic carbocycles. The van der Waals surface area contributed by atoms with E-state index < -0.39 is 11.9 Å². The third kappa shape index (κ3) is 2.85. The van der Waals surface area contributed by atoms with E-state index >= 15 is 0 Å². The maximum atomic E-state index is 11.6. The van der Waals surface area contributed by atoms with Crippen LogP contribution in [0.4, 0.5) is 0 Å². The van der Waals surface area contributed by atoms with Crippen LogP contribution in [0.25, 0.3) is 0 Å². The van der Waals surface area contributed by atoms with Crippen molar-refractivity contribution in [1.82, 2.24) is 0 Å². The molecule has 0 aromatic rings. The van der Waals surface area contributed by atoms with Crippen LogP contribution in [-0.4, -0.2) is 27.9 Å². The summed E-state index contributed by atoms with van der Waals surface area (Å²) in [5.74, 6) is -1.32. The van der Waals surface area contributed by atoms with E-state index in [1.807, 2.05) is 0 Å². The highest BCUT2D eigenvalue weighted by Crippen LogP contribution is 2.63. The normalized spacial score (nSPS) is 31.1. The quantitative estimate of drug-likeness (QED) is 0.748. The summed E-state index contributed by atoms with van der Waals surface area (Å²) in [6.07, 6.45) is 4.37. The molecule has 2 rings (SSSR count). The molecule has 5 nitrogen and oxygen atoms in total. The smallest absolute Gasteiger partial charge is 0.328 e. The SMILES string of the molecule is CC12CCC(CC1=O)C2(C)C.O=C(O)/C=C/C(=O)O. The van der Waals surface area contributed by atoms with Gasteiger partial charge in [0.15, 0.2) is 0 Å². The lowest BCUT2D eigenvalue weighted by atomic mass is 9.70. The van der Waals surface area contributed by atoms with Crippen LogP contribution in [0.2, 0.25) is 0 Å². The zero-order chi connectivity index (χ0) is 14.8. The summed E-state index contributed by atoms with van der Waals surface area (Å²) in [5, 5.41) is 15.6. The Kier molecular flexibility index (Phi) is 4.18. The number of ketones is 1. The lowest BCUT2D eigenvalue weighted by Crippen LogP contribution is -2.32. The number of carboxylic acid groups (broad SMARTS) is 2. The van der Waals surface area contributed by atoms with Crippen molar-refractivity contribution >= 4 is 17.7 Å². The van der Waals surface area contributed by atoms with Gasteiger partial charge < -0.3 is 10.2 Å². The second-order valence-electron chi connectivity index (χ2n) is 5.93. The Balaban J connectivity index is 0.000000203. The maximum absolute atomic E-state index is 11.6. The minimum Gasteiger partial charge on any atom is -0.478 e. The molecule has 0 aromatic heterocycles. The van der Waals surface area contributed by atoms with Crippen molar-refractivity contribution in [3.63, 3.8) is 0 Å².